The molecule has 1 aromatic carbocycles. The molecule has 0 bridgehead atoms. The molecule has 0 aliphatic rings. The van der Waals surface area contributed by atoms with Crippen molar-refractivity contribution in [1.82, 2.24) is 4.98 Å². The van der Waals surface area contributed by atoms with Crippen molar-refractivity contribution in [2.24, 2.45) is 0 Å². The van der Waals surface area contributed by atoms with Crippen LogP contribution < -0.4 is 4.74 Å². The van der Waals surface area contributed by atoms with Gasteiger partial charge in [0.25, 0.3) is 0 Å². The Morgan fingerprint density at radius 1 is 1.32 bits per heavy atom. The van der Waals surface area contributed by atoms with Gasteiger partial charge in [0.15, 0.2) is 0 Å². The number of hydrogen-bond acceptors (Lipinski definition) is 3. The summed E-state index contributed by atoms with van der Waals surface area (Å²) in [7, 11) is 1.58. The second kappa shape index (κ2) is 5.10. The molecule has 0 amide bonds. The number of aromatic nitrogens is 1. The molecule has 0 saturated heterocycles. The van der Waals surface area contributed by atoms with Crippen LogP contribution in [0.15, 0.2) is 30.5 Å². The van der Waals surface area contributed by atoms with E-state index in [0.717, 1.165) is 16.8 Å². The molecule has 2 rings (SSSR count). The van der Waals surface area contributed by atoms with Gasteiger partial charge in [-0.1, -0.05) is 12.1 Å². The highest BCUT2D eigenvalue weighted by Crippen LogP contribution is 2.35. The maximum Gasteiger partial charge on any atom is 0.337 e. The van der Waals surface area contributed by atoms with Gasteiger partial charge in [-0.3, -0.25) is 4.98 Å². The van der Waals surface area contributed by atoms with E-state index in [1.807, 2.05) is 32.0 Å². The lowest BCUT2D eigenvalue weighted by atomic mass is 9.96. The van der Waals surface area contributed by atoms with Gasteiger partial charge in [0.2, 0.25) is 0 Å². The van der Waals surface area contributed by atoms with Crippen molar-refractivity contribution in [3.05, 3.63) is 47.3 Å². The van der Waals surface area contributed by atoms with Crippen molar-refractivity contribution < 1.29 is 14.6 Å². The number of benzene rings is 1. The largest absolute Gasteiger partial charge is 0.496 e. The molecule has 98 valence electrons. The Morgan fingerprint density at radius 3 is 2.68 bits per heavy atom. The fraction of sp³-hybridized carbons (Fsp3) is 0.200. The van der Waals surface area contributed by atoms with Crippen LogP contribution in [0.1, 0.15) is 21.6 Å². The average Bonchev–Trinajstić information content (AvgIpc) is 2.37. The van der Waals surface area contributed by atoms with Crippen molar-refractivity contribution in [3.63, 3.8) is 0 Å². The molecule has 0 aliphatic carbocycles. The molecule has 0 saturated carbocycles. The SMILES string of the molecule is COc1cccc(C)c1-c1cc(C)ncc1C(=O)O. The van der Waals surface area contributed by atoms with Crippen LogP contribution in [0.4, 0.5) is 0 Å². The van der Waals surface area contributed by atoms with E-state index in [9.17, 15) is 9.90 Å². The van der Waals surface area contributed by atoms with Crippen LogP contribution in [-0.2, 0) is 0 Å². The topological polar surface area (TPSA) is 59.4 Å². The summed E-state index contributed by atoms with van der Waals surface area (Å²) in [5.74, 6) is -0.332. The quantitative estimate of drug-likeness (QED) is 0.918. The minimum atomic E-state index is -0.993. The van der Waals surface area contributed by atoms with E-state index in [0.29, 0.717) is 11.3 Å². The molecule has 0 radical (unpaired) electrons. The number of methoxy groups -OCH3 is 1. The van der Waals surface area contributed by atoms with Gasteiger partial charge >= 0.3 is 5.97 Å². The van der Waals surface area contributed by atoms with E-state index in [1.165, 1.54) is 6.20 Å². The Kier molecular flexibility index (Phi) is 3.51. The molecule has 0 fully saturated rings. The number of rotatable bonds is 3. The normalized spacial score (nSPS) is 10.3. The van der Waals surface area contributed by atoms with E-state index < -0.39 is 5.97 Å². The van der Waals surface area contributed by atoms with Crippen LogP contribution in [-0.4, -0.2) is 23.2 Å². The molecule has 19 heavy (non-hydrogen) atoms. The lowest BCUT2D eigenvalue weighted by Crippen LogP contribution is -2.03. The summed E-state index contributed by atoms with van der Waals surface area (Å²) in [6.07, 6.45) is 1.39. The number of aryl methyl sites for hydroxylation is 2. The first kappa shape index (κ1) is 13.1. The lowest BCUT2D eigenvalue weighted by Gasteiger charge is -2.14. The Morgan fingerprint density at radius 2 is 2.05 bits per heavy atom. The first-order chi connectivity index (χ1) is 9.04. The second-order valence-electron chi connectivity index (χ2n) is 4.33. The van der Waals surface area contributed by atoms with E-state index >= 15 is 0 Å². The molecular weight excluding hydrogens is 242 g/mol. The number of aromatic carboxylic acids is 1. The number of carboxylic acid groups (broad SMARTS) is 1. The monoisotopic (exact) mass is 257 g/mol. The zero-order chi connectivity index (χ0) is 14.0. The molecule has 0 atom stereocenters. The van der Waals surface area contributed by atoms with Crippen molar-refractivity contribution in [3.8, 4) is 16.9 Å². The minimum Gasteiger partial charge on any atom is -0.496 e. The zero-order valence-electron chi connectivity index (χ0n) is 11.1. The Bertz CT molecular complexity index is 635. The van der Waals surface area contributed by atoms with Gasteiger partial charge in [0.05, 0.1) is 12.7 Å². The van der Waals surface area contributed by atoms with Crippen LogP contribution in [0.3, 0.4) is 0 Å². The van der Waals surface area contributed by atoms with E-state index in [1.54, 1.807) is 13.2 Å². The van der Waals surface area contributed by atoms with Gasteiger partial charge in [-0.15, -0.1) is 0 Å². The standard InChI is InChI=1S/C15H15NO3/c1-9-5-4-6-13(19-3)14(9)11-7-10(2)16-8-12(11)15(17)18/h4-8H,1-3H3,(H,17,18). The third kappa shape index (κ3) is 2.42. The molecule has 1 aromatic heterocycles. The minimum absolute atomic E-state index is 0.179. The lowest BCUT2D eigenvalue weighted by molar-refractivity contribution is 0.0697. The molecule has 4 nitrogen and oxygen atoms in total. The number of hydrogen-bond donors (Lipinski definition) is 1. The van der Waals surface area contributed by atoms with Gasteiger partial charge in [-0.2, -0.15) is 0 Å². The van der Waals surface area contributed by atoms with Gasteiger partial charge < -0.3 is 9.84 Å². The fourth-order valence-electron chi connectivity index (χ4n) is 2.09. The van der Waals surface area contributed by atoms with Crippen molar-refractivity contribution >= 4 is 5.97 Å². The highest BCUT2D eigenvalue weighted by Gasteiger charge is 2.17. The molecule has 2 aromatic rings. The summed E-state index contributed by atoms with van der Waals surface area (Å²) >= 11 is 0. The molecular formula is C15H15NO3. The van der Waals surface area contributed by atoms with Gasteiger partial charge in [0.1, 0.15) is 5.75 Å². The van der Waals surface area contributed by atoms with E-state index in [2.05, 4.69) is 4.98 Å². The van der Waals surface area contributed by atoms with Crippen LogP contribution in [0.25, 0.3) is 11.1 Å². The summed E-state index contributed by atoms with van der Waals surface area (Å²) in [6, 6.07) is 7.41. The maximum atomic E-state index is 11.3. The van der Waals surface area contributed by atoms with Crippen LogP contribution in [0, 0.1) is 13.8 Å². The van der Waals surface area contributed by atoms with Crippen LogP contribution in [0.5, 0.6) is 5.75 Å². The fourth-order valence-corrected chi connectivity index (χ4v) is 2.09. The smallest absolute Gasteiger partial charge is 0.337 e. The maximum absolute atomic E-state index is 11.3. The number of nitrogens with zero attached hydrogens (tertiary/aromatic N) is 1. The van der Waals surface area contributed by atoms with Gasteiger partial charge in [0, 0.05) is 23.0 Å². The van der Waals surface area contributed by atoms with Crippen LogP contribution in [0.2, 0.25) is 0 Å². The molecule has 0 spiro atoms. The summed E-state index contributed by atoms with van der Waals surface area (Å²) < 4.78 is 5.34. The first-order valence-corrected chi connectivity index (χ1v) is 5.88. The number of carbonyl (C=O) groups is 1. The number of carboxylic acids is 1. The van der Waals surface area contributed by atoms with Gasteiger partial charge in [-0.05, 0) is 31.5 Å². The molecule has 4 heteroatoms. The molecule has 0 unspecified atom stereocenters. The highest BCUT2D eigenvalue weighted by atomic mass is 16.5. The number of pyridine rings is 1. The van der Waals surface area contributed by atoms with E-state index in [4.69, 9.17) is 4.74 Å². The third-order valence-electron chi connectivity index (χ3n) is 2.99. The zero-order valence-corrected chi connectivity index (χ0v) is 11.1. The van der Waals surface area contributed by atoms with E-state index in [-0.39, 0.29) is 5.56 Å². The first-order valence-electron chi connectivity index (χ1n) is 5.88. The molecule has 1 N–H and O–H groups in total. The Balaban J connectivity index is 2.78. The summed E-state index contributed by atoms with van der Waals surface area (Å²) in [5, 5.41) is 9.29. The summed E-state index contributed by atoms with van der Waals surface area (Å²) in [4.78, 5) is 15.4. The highest BCUT2D eigenvalue weighted by molar-refractivity contribution is 5.97. The average molecular weight is 257 g/mol. The third-order valence-corrected chi connectivity index (χ3v) is 2.99. The van der Waals surface area contributed by atoms with Crippen molar-refractivity contribution in [1.29, 1.82) is 0 Å². The predicted octanol–water partition coefficient (Wildman–Crippen LogP) is 3.07. The molecule has 0 aliphatic heterocycles. The summed E-state index contributed by atoms with van der Waals surface area (Å²) in [6.45, 7) is 3.76. The van der Waals surface area contributed by atoms with Crippen molar-refractivity contribution in [2.75, 3.05) is 7.11 Å². The predicted molar refractivity (Wildman–Crippen MR) is 72.7 cm³/mol. The van der Waals surface area contributed by atoms with Gasteiger partial charge in [-0.25, -0.2) is 4.79 Å². The number of ether oxygens (including phenoxy) is 1. The second-order valence-corrected chi connectivity index (χ2v) is 4.33. The molecule has 1 heterocycles. The van der Waals surface area contributed by atoms with Crippen LogP contribution >= 0.6 is 0 Å². The Labute approximate surface area is 111 Å². The Hall–Kier alpha value is -2.36. The summed E-state index contributed by atoms with van der Waals surface area (Å²) in [5.41, 5.74) is 3.35. The van der Waals surface area contributed by atoms with Crippen molar-refractivity contribution in [2.45, 2.75) is 13.8 Å².